The number of halogens is 1. The van der Waals surface area contributed by atoms with E-state index in [1.54, 1.807) is 6.07 Å². The van der Waals surface area contributed by atoms with Crippen LogP contribution in [-0.2, 0) is 9.47 Å². The summed E-state index contributed by atoms with van der Waals surface area (Å²) in [5.41, 5.74) is 1.66. The lowest BCUT2D eigenvalue weighted by Crippen LogP contribution is -2.36. The van der Waals surface area contributed by atoms with Gasteiger partial charge in [0.1, 0.15) is 5.82 Å². The normalized spacial score (nSPS) is 23.7. The van der Waals surface area contributed by atoms with Gasteiger partial charge in [0.05, 0.1) is 25.0 Å². The van der Waals surface area contributed by atoms with Crippen molar-refractivity contribution in [2.24, 2.45) is 0 Å². The molecule has 3 rings (SSSR count). The van der Waals surface area contributed by atoms with Crippen LogP contribution in [0.3, 0.4) is 0 Å². The summed E-state index contributed by atoms with van der Waals surface area (Å²) in [6, 6.07) is 5.68. The molecule has 0 unspecified atom stereocenters. The van der Waals surface area contributed by atoms with E-state index < -0.39 is 0 Å². The molecule has 2 heterocycles. The van der Waals surface area contributed by atoms with Crippen molar-refractivity contribution in [3.8, 4) is 0 Å². The molecule has 1 aromatic carbocycles. The minimum Gasteiger partial charge on any atom is -0.378 e. The maximum atomic E-state index is 14.4. The van der Waals surface area contributed by atoms with Gasteiger partial charge in [-0.3, -0.25) is 0 Å². The molecule has 122 valence electrons. The standard InChI is InChI=1S/C17H25FN2O2/c1-13(19-12-15-3-2-8-22-15)14-4-5-17(16(18)11-14)20-6-9-21-10-7-20/h4-5,11,13,15,19H,2-3,6-10,12H2,1H3/t13-,15-/m0/s1. The molecule has 0 bridgehead atoms. The maximum absolute atomic E-state index is 14.4. The van der Waals surface area contributed by atoms with Gasteiger partial charge in [-0.05, 0) is 37.5 Å². The summed E-state index contributed by atoms with van der Waals surface area (Å²) in [4.78, 5) is 2.05. The van der Waals surface area contributed by atoms with E-state index in [9.17, 15) is 4.39 Å². The van der Waals surface area contributed by atoms with Crippen molar-refractivity contribution >= 4 is 5.69 Å². The average molecular weight is 308 g/mol. The number of hydrogen-bond donors (Lipinski definition) is 1. The molecule has 2 aliphatic rings. The van der Waals surface area contributed by atoms with Crippen molar-refractivity contribution in [1.29, 1.82) is 0 Å². The Hall–Kier alpha value is -1.17. The van der Waals surface area contributed by atoms with Crippen molar-refractivity contribution in [2.75, 3.05) is 44.4 Å². The molecular formula is C17H25FN2O2. The van der Waals surface area contributed by atoms with E-state index in [0.717, 1.165) is 44.6 Å². The Kier molecular flexibility index (Phi) is 5.28. The summed E-state index contributed by atoms with van der Waals surface area (Å²) < 4.78 is 25.3. The number of ether oxygens (including phenoxy) is 2. The fourth-order valence-electron chi connectivity index (χ4n) is 3.08. The third kappa shape index (κ3) is 3.77. The first-order chi connectivity index (χ1) is 10.7. The van der Waals surface area contributed by atoms with Crippen LogP contribution in [0.5, 0.6) is 0 Å². The molecule has 1 aromatic rings. The van der Waals surface area contributed by atoms with Gasteiger partial charge in [-0.15, -0.1) is 0 Å². The Morgan fingerprint density at radius 3 is 2.82 bits per heavy atom. The van der Waals surface area contributed by atoms with Gasteiger partial charge < -0.3 is 19.7 Å². The van der Waals surface area contributed by atoms with Gasteiger partial charge >= 0.3 is 0 Å². The highest BCUT2D eigenvalue weighted by molar-refractivity contribution is 5.49. The SMILES string of the molecule is C[C@H](NC[C@@H]1CCCO1)c1ccc(N2CCOCC2)c(F)c1. The number of nitrogens with zero attached hydrogens (tertiary/aromatic N) is 1. The van der Waals surface area contributed by atoms with Gasteiger partial charge in [0.15, 0.2) is 0 Å². The van der Waals surface area contributed by atoms with Crippen LogP contribution in [0.4, 0.5) is 10.1 Å². The number of benzene rings is 1. The molecule has 2 aliphatic heterocycles. The van der Waals surface area contributed by atoms with Gasteiger partial charge in [0.25, 0.3) is 0 Å². The Morgan fingerprint density at radius 2 is 2.14 bits per heavy atom. The largest absolute Gasteiger partial charge is 0.378 e. The van der Waals surface area contributed by atoms with Crippen molar-refractivity contribution in [3.63, 3.8) is 0 Å². The highest BCUT2D eigenvalue weighted by Crippen LogP contribution is 2.24. The molecule has 0 aromatic heterocycles. The Morgan fingerprint density at radius 1 is 1.32 bits per heavy atom. The average Bonchev–Trinajstić information content (AvgIpc) is 3.07. The van der Waals surface area contributed by atoms with Crippen LogP contribution >= 0.6 is 0 Å². The van der Waals surface area contributed by atoms with Gasteiger partial charge in [-0.2, -0.15) is 0 Å². The first-order valence-electron chi connectivity index (χ1n) is 8.21. The molecule has 22 heavy (non-hydrogen) atoms. The predicted octanol–water partition coefficient (Wildman–Crippen LogP) is 2.49. The third-order valence-corrected chi connectivity index (χ3v) is 4.50. The van der Waals surface area contributed by atoms with Crippen LogP contribution in [0.2, 0.25) is 0 Å². The molecule has 5 heteroatoms. The van der Waals surface area contributed by atoms with Gasteiger partial charge in [0.2, 0.25) is 0 Å². The third-order valence-electron chi connectivity index (χ3n) is 4.50. The van der Waals surface area contributed by atoms with Crippen LogP contribution < -0.4 is 10.2 Å². The van der Waals surface area contributed by atoms with E-state index in [1.807, 2.05) is 17.0 Å². The van der Waals surface area contributed by atoms with E-state index in [1.165, 1.54) is 0 Å². The molecular weight excluding hydrogens is 283 g/mol. The minimum absolute atomic E-state index is 0.123. The molecule has 0 amide bonds. The molecule has 1 N–H and O–H groups in total. The number of hydrogen-bond acceptors (Lipinski definition) is 4. The lowest BCUT2D eigenvalue weighted by Gasteiger charge is -2.29. The molecule has 2 saturated heterocycles. The van der Waals surface area contributed by atoms with Crippen LogP contribution in [0.1, 0.15) is 31.4 Å². The maximum Gasteiger partial charge on any atom is 0.146 e. The van der Waals surface area contributed by atoms with E-state index in [-0.39, 0.29) is 11.9 Å². The second-order valence-electron chi connectivity index (χ2n) is 6.08. The summed E-state index contributed by atoms with van der Waals surface area (Å²) in [6.07, 6.45) is 2.56. The zero-order chi connectivity index (χ0) is 15.4. The lowest BCUT2D eigenvalue weighted by molar-refractivity contribution is 0.108. The molecule has 2 atom stereocenters. The van der Waals surface area contributed by atoms with E-state index in [0.29, 0.717) is 25.0 Å². The van der Waals surface area contributed by atoms with Crippen molar-refractivity contribution < 1.29 is 13.9 Å². The monoisotopic (exact) mass is 308 g/mol. The molecule has 0 saturated carbocycles. The molecule has 0 spiro atoms. The van der Waals surface area contributed by atoms with Crippen LogP contribution in [0.25, 0.3) is 0 Å². The van der Waals surface area contributed by atoms with E-state index >= 15 is 0 Å². The summed E-state index contributed by atoms with van der Waals surface area (Å²) in [6.45, 7) is 6.60. The molecule has 0 radical (unpaired) electrons. The quantitative estimate of drug-likeness (QED) is 0.906. The number of nitrogens with one attached hydrogen (secondary N) is 1. The highest BCUT2D eigenvalue weighted by Gasteiger charge is 2.18. The van der Waals surface area contributed by atoms with Crippen molar-refractivity contribution in [3.05, 3.63) is 29.6 Å². The second-order valence-corrected chi connectivity index (χ2v) is 6.08. The highest BCUT2D eigenvalue weighted by atomic mass is 19.1. The van der Waals surface area contributed by atoms with E-state index in [4.69, 9.17) is 9.47 Å². The zero-order valence-electron chi connectivity index (χ0n) is 13.2. The number of rotatable bonds is 5. The fourth-order valence-corrected chi connectivity index (χ4v) is 3.08. The predicted molar refractivity (Wildman–Crippen MR) is 84.8 cm³/mol. The van der Waals surface area contributed by atoms with Crippen molar-refractivity contribution in [2.45, 2.75) is 31.9 Å². The lowest BCUT2D eigenvalue weighted by atomic mass is 10.1. The van der Waals surface area contributed by atoms with Gasteiger partial charge in [-0.25, -0.2) is 4.39 Å². The van der Waals surface area contributed by atoms with E-state index in [2.05, 4.69) is 12.2 Å². The second kappa shape index (κ2) is 7.40. The van der Waals surface area contributed by atoms with Gasteiger partial charge in [-0.1, -0.05) is 6.07 Å². The smallest absolute Gasteiger partial charge is 0.146 e. The van der Waals surface area contributed by atoms with Crippen LogP contribution in [0, 0.1) is 5.82 Å². The minimum atomic E-state index is -0.148. The number of morpholine rings is 1. The summed E-state index contributed by atoms with van der Waals surface area (Å²) in [5, 5.41) is 3.44. The Balaban J connectivity index is 1.60. The molecule has 4 nitrogen and oxygen atoms in total. The fraction of sp³-hybridized carbons (Fsp3) is 0.647. The number of anilines is 1. The van der Waals surface area contributed by atoms with Crippen LogP contribution in [-0.4, -0.2) is 45.6 Å². The Labute approximate surface area is 131 Å². The topological polar surface area (TPSA) is 33.7 Å². The molecule has 2 fully saturated rings. The summed E-state index contributed by atoms with van der Waals surface area (Å²) >= 11 is 0. The Bertz CT molecular complexity index is 486. The summed E-state index contributed by atoms with van der Waals surface area (Å²) in [7, 11) is 0. The zero-order valence-corrected chi connectivity index (χ0v) is 13.2. The first kappa shape index (κ1) is 15.7. The molecule has 0 aliphatic carbocycles. The summed E-state index contributed by atoms with van der Waals surface area (Å²) in [5.74, 6) is -0.148. The van der Waals surface area contributed by atoms with Crippen molar-refractivity contribution in [1.82, 2.24) is 5.32 Å². The first-order valence-corrected chi connectivity index (χ1v) is 8.21. The van der Waals surface area contributed by atoms with Crippen LogP contribution in [0.15, 0.2) is 18.2 Å². The van der Waals surface area contributed by atoms with Gasteiger partial charge in [0, 0.05) is 32.3 Å².